The Balaban J connectivity index is 1.60. The Kier molecular flexibility index (Phi) is 5.51. The number of carbonyl (C=O) groups is 2. The summed E-state index contributed by atoms with van der Waals surface area (Å²) >= 11 is 0. The minimum absolute atomic E-state index is 0.0944. The number of anilines is 1. The lowest BCUT2D eigenvalue weighted by Gasteiger charge is -2.14. The molecule has 8 heteroatoms. The number of carbonyl (C=O) groups excluding carboxylic acids is 2. The lowest BCUT2D eigenvalue weighted by atomic mass is 10.1. The second-order valence-corrected chi connectivity index (χ2v) is 6.68. The van der Waals surface area contributed by atoms with Crippen molar-refractivity contribution in [3.8, 4) is 0 Å². The van der Waals surface area contributed by atoms with Gasteiger partial charge in [-0.05, 0) is 32.4 Å². The molecule has 1 aromatic carbocycles. The van der Waals surface area contributed by atoms with Crippen LogP contribution >= 0.6 is 0 Å². The van der Waals surface area contributed by atoms with Crippen molar-refractivity contribution in [2.45, 2.75) is 32.8 Å². The molecule has 0 saturated carbocycles. The van der Waals surface area contributed by atoms with Gasteiger partial charge in [-0.15, -0.1) is 0 Å². The molecule has 2 N–H and O–H groups in total. The second kappa shape index (κ2) is 7.82. The number of fused-ring (bicyclic) bond motifs is 1. The molecule has 1 aliphatic heterocycles. The number of rotatable bonds is 7. The van der Waals surface area contributed by atoms with Gasteiger partial charge in [-0.3, -0.25) is 19.6 Å². The Morgan fingerprint density at radius 3 is 3.08 bits per heavy atom. The number of hydrogen-bond acceptors (Lipinski definition) is 4. The first kappa shape index (κ1) is 18.3. The summed E-state index contributed by atoms with van der Waals surface area (Å²) in [6, 6.07) is 4.59. The molecule has 0 radical (unpaired) electrons. The van der Waals surface area contributed by atoms with Crippen molar-refractivity contribution in [2.75, 3.05) is 24.6 Å². The highest BCUT2D eigenvalue weighted by Gasteiger charge is 2.37. The molecule has 0 spiro atoms. The maximum absolute atomic E-state index is 14.1. The zero-order chi connectivity index (χ0) is 18.7. The van der Waals surface area contributed by atoms with E-state index in [1.165, 1.54) is 11.0 Å². The summed E-state index contributed by atoms with van der Waals surface area (Å²) in [5.41, 5.74) is 0.519. The largest absolute Gasteiger partial charge is 0.379 e. The third-order valence-electron chi connectivity index (χ3n) is 4.34. The maximum atomic E-state index is 14.1. The monoisotopic (exact) mass is 362 g/mol. The number of aromatic nitrogens is 2. The Morgan fingerprint density at radius 1 is 1.50 bits per heavy atom. The van der Waals surface area contributed by atoms with Gasteiger partial charge in [-0.25, -0.2) is 4.39 Å². The molecule has 1 aliphatic rings. The van der Waals surface area contributed by atoms with Crippen LogP contribution in [0.2, 0.25) is 0 Å². The SMILES string of the molecule is CC(C)OCCCNC(=O)[C@@H]1CC(=O)N(c2n[nH]c3cccc(F)c23)C1. The summed E-state index contributed by atoms with van der Waals surface area (Å²) in [6.07, 6.45) is 0.969. The molecule has 26 heavy (non-hydrogen) atoms. The topological polar surface area (TPSA) is 87.3 Å². The van der Waals surface area contributed by atoms with Crippen LogP contribution in [0.15, 0.2) is 18.2 Å². The summed E-state index contributed by atoms with van der Waals surface area (Å²) in [5.74, 6) is -1.08. The van der Waals surface area contributed by atoms with E-state index in [1.807, 2.05) is 13.8 Å². The van der Waals surface area contributed by atoms with E-state index in [-0.39, 0.29) is 42.1 Å². The normalized spacial score (nSPS) is 17.5. The second-order valence-electron chi connectivity index (χ2n) is 6.68. The van der Waals surface area contributed by atoms with E-state index < -0.39 is 11.7 Å². The van der Waals surface area contributed by atoms with E-state index in [9.17, 15) is 14.0 Å². The first-order valence-corrected chi connectivity index (χ1v) is 8.79. The minimum Gasteiger partial charge on any atom is -0.379 e. The maximum Gasteiger partial charge on any atom is 0.229 e. The van der Waals surface area contributed by atoms with Crippen molar-refractivity contribution >= 4 is 28.5 Å². The van der Waals surface area contributed by atoms with Crippen molar-refractivity contribution in [1.29, 1.82) is 0 Å². The number of hydrogen-bond donors (Lipinski definition) is 2. The predicted octanol–water partition coefficient (Wildman–Crippen LogP) is 1.99. The van der Waals surface area contributed by atoms with Gasteiger partial charge in [0, 0.05) is 26.1 Å². The van der Waals surface area contributed by atoms with E-state index in [1.54, 1.807) is 12.1 Å². The highest BCUT2D eigenvalue weighted by Crippen LogP contribution is 2.31. The van der Waals surface area contributed by atoms with E-state index in [2.05, 4.69) is 15.5 Å². The van der Waals surface area contributed by atoms with Crippen LogP contribution in [-0.4, -0.2) is 47.8 Å². The average molecular weight is 362 g/mol. The van der Waals surface area contributed by atoms with Gasteiger partial charge in [0.15, 0.2) is 5.82 Å². The molecule has 0 aliphatic carbocycles. The molecule has 1 aromatic heterocycles. The van der Waals surface area contributed by atoms with Gasteiger partial charge < -0.3 is 10.1 Å². The molecule has 1 atom stereocenters. The first-order chi connectivity index (χ1) is 12.5. The van der Waals surface area contributed by atoms with Gasteiger partial charge in [-0.1, -0.05) is 6.07 Å². The van der Waals surface area contributed by atoms with Crippen molar-refractivity contribution in [3.63, 3.8) is 0 Å². The quantitative estimate of drug-likeness (QED) is 0.738. The Bertz CT molecular complexity index is 805. The predicted molar refractivity (Wildman–Crippen MR) is 95.2 cm³/mol. The van der Waals surface area contributed by atoms with Gasteiger partial charge in [-0.2, -0.15) is 5.10 Å². The summed E-state index contributed by atoms with van der Waals surface area (Å²) < 4.78 is 19.5. The first-order valence-electron chi connectivity index (χ1n) is 8.79. The van der Waals surface area contributed by atoms with Gasteiger partial charge in [0.25, 0.3) is 0 Å². The molecule has 0 unspecified atom stereocenters. The van der Waals surface area contributed by atoms with Crippen LogP contribution in [0.4, 0.5) is 10.2 Å². The van der Waals surface area contributed by atoms with Crippen LogP contribution in [0, 0.1) is 11.7 Å². The van der Waals surface area contributed by atoms with Crippen LogP contribution in [0.25, 0.3) is 10.9 Å². The number of halogens is 1. The smallest absolute Gasteiger partial charge is 0.229 e. The van der Waals surface area contributed by atoms with Crippen molar-refractivity contribution in [3.05, 3.63) is 24.0 Å². The Hall–Kier alpha value is -2.48. The molecule has 1 fully saturated rings. The zero-order valence-electron chi connectivity index (χ0n) is 14.9. The minimum atomic E-state index is -0.466. The third kappa shape index (κ3) is 3.85. The molecule has 2 amide bonds. The van der Waals surface area contributed by atoms with Gasteiger partial charge in [0.1, 0.15) is 5.82 Å². The van der Waals surface area contributed by atoms with Crippen LogP contribution < -0.4 is 10.2 Å². The number of ether oxygens (including phenoxy) is 1. The zero-order valence-corrected chi connectivity index (χ0v) is 14.9. The molecular weight excluding hydrogens is 339 g/mol. The number of amides is 2. The number of aromatic amines is 1. The lowest BCUT2D eigenvalue weighted by Crippen LogP contribution is -2.34. The van der Waals surface area contributed by atoms with Crippen LogP contribution in [0.1, 0.15) is 26.7 Å². The summed E-state index contributed by atoms with van der Waals surface area (Å²) in [6.45, 7) is 5.18. The van der Waals surface area contributed by atoms with Crippen LogP contribution in [0.5, 0.6) is 0 Å². The van der Waals surface area contributed by atoms with Crippen LogP contribution in [0.3, 0.4) is 0 Å². The summed E-state index contributed by atoms with van der Waals surface area (Å²) in [5, 5.41) is 9.91. The standard InChI is InChI=1S/C18H23FN4O3/c1-11(2)26-8-4-7-20-18(25)12-9-15(24)23(10-12)17-16-13(19)5-3-6-14(16)21-22-17/h3,5-6,11-12H,4,7-10H2,1-2H3,(H,20,25)(H,21,22)/t12-/m1/s1. The van der Waals surface area contributed by atoms with E-state index in [4.69, 9.17) is 4.74 Å². The molecule has 7 nitrogen and oxygen atoms in total. The average Bonchev–Trinajstić information content (AvgIpc) is 3.18. The fourth-order valence-electron chi connectivity index (χ4n) is 3.04. The number of nitrogens with zero attached hydrogens (tertiary/aromatic N) is 2. The fraction of sp³-hybridized carbons (Fsp3) is 0.500. The number of nitrogens with one attached hydrogen (secondary N) is 2. The van der Waals surface area contributed by atoms with Crippen LogP contribution in [-0.2, 0) is 14.3 Å². The lowest BCUT2D eigenvalue weighted by molar-refractivity contribution is -0.126. The molecule has 3 rings (SSSR count). The van der Waals surface area contributed by atoms with E-state index in [0.29, 0.717) is 25.1 Å². The summed E-state index contributed by atoms with van der Waals surface area (Å²) in [4.78, 5) is 26.0. The van der Waals surface area contributed by atoms with Gasteiger partial charge >= 0.3 is 0 Å². The Labute approximate surface area is 150 Å². The highest BCUT2D eigenvalue weighted by molar-refractivity contribution is 6.05. The molecule has 0 bridgehead atoms. The number of benzene rings is 1. The van der Waals surface area contributed by atoms with Gasteiger partial charge in [0.2, 0.25) is 11.8 Å². The van der Waals surface area contributed by atoms with E-state index >= 15 is 0 Å². The summed E-state index contributed by atoms with van der Waals surface area (Å²) in [7, 11) is 0. The molecule has 140 valence electrons. The molecule has 1 saturated heterocycles. The van der Waals surface area contributed by atoms with Crippen molar-refractivity contribution in [1.82, 2.24) is 15.5 Å². The fourth-order valence-corrected chi connectivity index (χ4v) is 3.04. The number of H-pyrrole nitrogens is 1. The van der Waals surface area contributed by atoms with Gasteiger partial charge in [0.05, 0.1) is 22.9 Å². The highest BCUT2D eigenvalue weighted by atomic mass is 19.1. The molecular formula is C18H23FN4O3. The van der Waals surface area contributed by atoms with E-state index in [0.717, 1.165) is 0 Å². The Morgan fingerprint density at radius 2 is 2.31 bits per heavy atom. The third-order valence-corrected chi connectivity index (χ3v) is 4.34. The molecule has 2 aromatic rings. The molecule has 2 heterocycles. The van der Waals surface area contributed by atoms with Crippen molar-refractivity contribution < 1.29 is 18.7 Å². The van der Waals surface area contributed by atoms with Crippen molar-refractivity contribution in [2.24, 2.45) is 5.92 Å².